The Morgan fingerprint density at radius 2 is 1.81 bits per heavy atom. The average Bonchev–Trinajstić information content (AvgIpc) is 2.78. The van der Waals surface area contributed by atoms with Crippen molar-refractivity contribution in [2.75, 3.05) is 36.4 Å². The van der Waals surface area contributed by atoms with Crippen molar-refractivity contribution < 1.29 is 9.59 Å². The van der Waals surface area contributed by atoms with Gasteiger partial charge in [0.25, 0.3) is 0 Å². The van der Waals surface area contributed by atoms with Gasteiger partial charge < -0.3 is 15.1 Å². The highest BCUT2D eigenvalue weighted by Gasteiger charge is 2.21. The second-order valence-electron chi connectivity index (χ2n) is 9.83. The van der Waals surface area contributed by atoms with Gasteiger partial charge in [-0.25, -0.2) is 4.98 Å². The van der Waals surface area contributed by atoms with Crippen molar-refractivity contribution in [3.63, 3.8) is 0 Å². The second-order valence-corrected chi connectivity index (χ2v) is 9.83. The lowest BCUT2D eigenvalue weighted by Gasteiger charge is -2.31. The zero-order valence-corrected chi connectivity index (χ0v) is 19.7. The first-order valence-electron chi connectivity index (χ1n) is 12.1. The molecule has 0 spiro atoms. The molecule has 0 unspecified atom stereocenters. The molecule has 32 heavy (non-hydrogen) atoms. The van der Waals surface area contributed by atoms with Gasteiger partial charge in [-0.1, -0.05) is 13.8 Å². The van der Waals surface area contributed by atoms with Gasteiger partial charge in [0, 0.05) is 50.1 Å². The number of rotatable bonds is 5. The molecule has 0 radical (unpaired) electrons. The van der Waals surface area contributed by atoms with E-state index in [1.165, 1.54) is 19.3 Å². The number of likely N-dealkylation sites (tertiary alicyclic amines) is 1. The number of aromatic nitrogens is 1. The molecule has 2 aromatic rings. The molecular weight excluding hydrogens is 400 g/mol. The van der Waals surface area contributed by atoms with E-state index < -0.39 is 0 Å². The van der Waals surface area contributed by atoms with E-state index in [0.29, 0.717) is 5.92 Å². The summed E-state index contributed by atoms with van der Waals surface area (Å²) in [6, 6.07) is 8.03. The van der Waals surface area contributed by atoms with E-state index in [0.717, 1.165) is 66.5 Å². The second kappa shape index (κ2) is 9.88. The molecule has 2 fully saturated rings. The van der Waals surface area contributed by atoms with Gasteiger partial charge in [-0.15, -0.1) is 0 Å². The number of nitrogens with one attached hydrogen (secondary N) is 1. The molecule has 6 heteroatoms. The summed E-state index contributed by atoms with van der Waals surface area (Å²) in [6.07, 6.45) is 5.14. The fourth-order valence-corrected chi connectivity index (χ4v) is 4.87. The summed E-state index contributed by atoms with van der Waals surface area (Å²) in [5, 5.41) is 4.01. The normalized spacial score (nSPS) is 19.9. The Kier molecular flexibility index (Phi) is 6.97. The Bertz CT molecular complexity index is 981. The first kappa shape index (κ1) is 22.6. The van der Waals surface area contributed by atoms with Gasteiger partial charge in [-0.2, -0.15) is 0 Å². The van der Waals surface area contributed by atoms with Crippen molar-refractivity contribution in [3.05, 3.63) is 29.8 Å². The van der Waals surface area contributed by atoms with E-state index in [1.807, 2.05) is 23.1 Å². The standard InChI is InChI=1S/C26H36N4O2/c1-18-10-13-29(14-11-18)24-15-20(3)22-16-21(6-7-23(22)28-24)27-25(31)8-9-26(32)30-12-4-5-19(2)17-30/h6-7,15-16,18-19H,4-5,8-14,17H2,1-3H3,(H,27,31)/t19-/m1/s1. The number of hydrogen-bond acceptors (Lipinski definition) is 4. The van der Waals surface area contributed by atoms with Crippen LogP contribution in [0, 0.1) is 18.8 Å². The number of pyridine rings is 1. The first-order chi connectivity index (χ1) is 15.4. The van der Waals surface area contributed by atoms with Crippen molar-refractivity contribution in [2.45, 2.75) is 59.3 Å². The maximum absolute atomic E-state index is 12.5. The molecule has 1 atom stereocenters. The number of amides is 2. The Hall–Kier alpha value is -2.63. The summed E-state index contributed by atoms with van der Waals surface area (Å²) >= 11 is 0. The molecule has 3 heterocycles. The molecule has 0 saturated carbocycles. The third kappa shape index (κ3) is 5.40. The molecule has 2 saturated heterocycles. The van der Waals surface area contributed by atoms with Gasteiger partial charge in [-0.05, 0) is 74.3 Å². The van der Waals surface area contributed by atoms with Crippen molar-refractivity contribution in [1.82, 2.24) is 9.88 Å². The smallest absolute Gasteiger partial charge is 0.224 e. The molecule has 2 aliphatic heterocycles. The number of carbonyl (C=O) groups is 2. The molecule has 1 aromatic heterocycles. The minimum Gasteiger partial charge on any atom is -0.357 e. The molecule has 4 rings (SSSR count). The highest BCUT2D eigenvalue weighted by Crippen LogP contribution is 2.28. The Labute approximate surface area is 191 Å². The quantitative estimate of drug-likeness (QED) is 0.734. The van der Waals surface area contributed by atoms with Crippen LogP contribution in [-0.4, -0.2) is 47.9 Å². The fourth-order valence-electron chi connectivity index (χ4n) is 4.87. The summed E-state index contributed by atoms with van der Waals surface area (Å²) in [7, 11) is 0. The van der Waals surface area contributed by atoms with Crippen LogP contribution in [0.2, 0.25) is 0 Å². The summed E-state index contributed by atoms with van der Waals surface area (Å²) in [5.74, 6) is 2.36. The van der Waals surface area contributed by atoms with Gasteiger partial charge in [0.2, 0.25) is 11.8 Å². The van der Waals surface area contributed by atoms with Crippen molar-refractivity contribution in [3.8, 4) is 0 Å². The zero-order valence-electron chi connectivity index (χ0n) is 19.7. The minimum absolute atomic E-state index is 0.0879. The molecule has 0 aliphatic carbocycles. The van der Waals surface area contributed by atoms with Crippen molar-refractivity contribution in [2.24, 2.45) is 11.8 Å². The van der Waals surface area contributed by atoms with Gasteiger partial charge in [0.05, 0.1) is 5.52 Å². The summed E-state index contributed by atoms with van der Waals surface area (Å²) in [4.78, 5) is 34.1. The number of carbonyl (C=O) groups excluding carboxylic acids is 2. The maximum Gasteiger partial charge on any atom is 0.224 e. The van der Waals surface area contributed by atoms with Crippen LogP contribution in [0.4, 0.5) is 11.5 Å². The van der Waals surface area contributed by atoms with E-state index in [1.54, 1.807) is 0 Å². The van der Waals surface area contributed by atoms with Crippen LogP contribution >= 0.6 is 0 Å². The van der Waals surface area contributed by atoms with Crippen LogP contribution in [0.3, 0.4) is 0 Å². The number of hydrogen-bond donors (Lipinski definition) is 1. The van der Waals surface area contributed by atoms with Crippen molar-refractivity contribution in [1.29, 1.82) is 0 Å². The third-order valence-corrected chi connectivity index (χ3v) is 6.97. The van der Waals surface area contributed by atoms with Gasteiger partial charge in [-0.3, -0.25) is 9.59 Å². The topological polar surface area (TPSA) is 65.5 Å². The lowest BCUT2D eigenvalue weighted by molar-refractivity contribution is -0.134. The van der Waals surface area contributed by atoms with E-state index >= 15 is 0 Å². The molecular formula is C26H36N4O2. The number of benzene rings is 1. The Balaban J connectivity index is 1.37. The number of fused-ring (bicyclic) bond motifs is 1. The zero-order chi connectivity index (χ0) is 22.7. The number of piperidine rings is 2. The van der Waals surface area contributed by atoms with Crippen LogP contribution < -0.4 is 10.2 Å². The SMILES string of the molecule is Cc1cc(N2CCC(C)CC2)nc2ccc(NC(=O)CCC(=O)N3CCC[C@@H](C)C3)cc12. The van der Waals surface area contributed by atoms with Crippen LogP contribution in [-0.2, 0) is 9.59 Å². The van der Waals surface area contributed by atoms with E-state index in [-0.39, 0.29) is 24.7 Å². The Morgan fingerprint density at radius 1 is 1.03 bits per heavy atom. The predicted molar refractivity (Wildman–Crippen MR) is 130 cm³/mol. The van der Waals surface area contributed by atoms with E-state index in [9.17, 15) is 9.59 Å². The molecule has 2 amide bonds. The molecule has 0 bridgehead atoms. The van der Waals surface area contributed by atoms with Crippen LogP contribution in [0.5, 0.6) is 0 Å². The molecule has 2 aliphatic rings. The highest BCUT2D eigenvalue weighted by atomic mass is 16.2. The molecule has 1 N–H and O–H groups in total. The average molecular weight is 437 g/mol. The molecule has 172 valence electrons. The van der Waals surface area contributed by atoms with E-state index in [2.05, 4.69) is 37.1 Å². The lowest BCUT2D eigenvalue weighted by atomic mass is 9.99. The van der Waals surface area contributed by atoms with Crippen molar-refractivity contribution >= 4 is 34.2 Å². The van der Waals surface area contributed by atoms with Gasteiger partial charge in [0.15, 0.2) is 0 Å². The lowest BCUT2D eigenvalue weighted by Crippen LogP contribution is -2.39. The summed E-state index contributed by atoms with van der Waals surface area (Å²) < 4.78 is 0. The number of anilines is 2. The van der Waals surface area contributed by atoms with Crippen LogP contribution in [0.25, 0.3) is 10.9 Å². The van der Waals surface area contributed by atoms with Gasteiger partial charge in [0.1, 0.15) is 5.82 Å². The summed E-state index contributed by atoms with van der Waals surface area (Å²) in [5.41, 5.74) is 2.87. The summed E-state index contributed by atoms with van der Waals surface area (Å²) in [6.45, 7) is 10.3. The first-order valence-corrected chi connectivity index (χ1v) is 12.1. The van der Waals surface area contributed by atoms with Crippen LogP contribution in [0.1, 0.15) is 57.9 Å². The van der Waals surface area contributed by atoms with Crippen LogP contribution in [0.15, 0.2) is 24.3 Å². The minimum atomic E-state index is -0.118. The number of nitrogens with zero attached hydrogens (tertiary/aromatic N) is 3. The van der Waals surface area contributed by atoms with Gasteiger partial charge >= 0.3 is 0 Å². The molecule has 1 aromatic carbocycles. The monoisotopic (exact) mass is 436 g/mol. The predicted octanol–water partition coefficient (Wildman–Crippen LogP) is 4.76. The maximum atomic E-state index is 12.5. The third-order valence-electron chi connectivity index (χ3n) is 6.97. The largest absolute Gasteiger partial charge is 0.357 e. The molecule has 6 nitrogen and oxygen atoms in total. The van der Waals surface area contributed by atoms with E-state index in [4.69, 9.17) is 4.98 Å². The number of aryl methyl sites for hydroxylation is 1. The Morgan fingerprint density at radius 3 is 2.56 bits per heavy atom. The fraction of sp³-hybridized carbons (Fsp3) is 0.577. The highest BCUT2D eigenvalue weighted by molar-refractivity contribution is 5.96.